The molecule has 0 atom stereocenters. The van der Waals surface area contributed by atoms with E-state index >= 15 is 0 Å². The summed E-state index contributed by atoms with van der Waals surface area (Å²) < 4.78 is 3.08. The molecule has 1 aromatic heterocycles. The molecule has 0 spiro atoms. The average molecular weight is 431 g/mol. The zero-order chi connectivity index (χ0) is 17.7. The Morgan fingerprint density at radius 2 is 2.17 bits per heavy atom. The number of anilines is 1. The summed E-state index contributed by atoms with van der Waals surface area (Å²) in [4.78, 5) is 16.8. The van der Waals surface area contributed by atoms with E-state index in [9.17, 15) is 4.79 Å². The molecule has 1 amide bonds. The molecule has 0 bridgehead atoms. The highest BCUT2D eigenvalue weighted by molar-refractivity contribution is 9.10. The van der Waals surface area contributed by atoms with Gasteiger partial charge in [0.1, 0.15) is 0 Å². The first-order chi connectivity index (χ1) is 11.4. The molecule has 7 heteroatoms. The molecule has 24 heavy (non-hydrogen) atoms. The number of rotatable bonds is 7. The topological polar surface area (TPSA) is 46.9 Å². The van der Waals surface area contributed by atoms with Gasteiger partial charge in [-0.25, -0.2) is 4.98 Å². The van der Waals surface area contributed by atoms with E-state index in [4.69, 9.17) is 11.6 Å². The summed E-state index contributed by atoms with van der Waals surface area (Å²) in [5.41, 5.74) is 2.81. The van der Waals surface area contributed by atoms with Gasteiger partial charge in [0.15, 0.2) is 5.16 Å². The number of carbonyl (C=O) groups is 1. The van der Waals surface area contributed by atoms with Crippen molar-refractivity contribution in [3.05, 3.63) is 39.1 Å². The fourth-order valence-corrected chi connectivity index (χ4v) is 3.86. The molecule has 0 aliphatic rings. The van der Waals surface area contributed by atoms with Gasteiger partial charge in [-0.2, -0.15) is 0 Å². The molecule has 0 saturated heterocycles. The number of hydrogen-bond acceptors (Lipinski definition) is 3. The van der Waals surface area contributed by atoms with Crippen molar-refractivity contribution in [2.24, 2.45) is 0 Å². The first kappa shape index (κ1) is 19.3. The van der Waals surface area contributed by atoms with Crippen LogP contribution in [0.25, 0.3) is 0 Å². The summed E-state index contributed by atoms with van der Waals surface area (Å²) in [6.07, 6.45) is 2.23. The van der Waals surface area contributed by atoms with Crippen LogP contribution in [0.15, 0.2) is 27.8 Å². The molecule has 0 aliphatic carbocycles. The van der Waals surface area contributed by atoms with Gasteiger partial charge in [-0.15, -0.1) is 0 Å². The third-order valence-corrected chi connectivity index (χ3v) is 5.48. The SMILES string of the molecule is CCCCn1c(SCC(=O)Nc2ccc(Br)cc2Cl)nc(C)c1C. The van der Waals surface area contributed by atoms with Crippen molar-refractivity contribution >= 4 is 50.9 Å². The minimum absolute atomic E-state index is 0.0930. The lowest BCUT2D eigenvalue weighted by Crippen LogP contribution is -2.15. The first-order valence-corrected chi connectivity index (χ1v) is 9.99. The molecule has 1 N–H and O–H groups in total. The van der Waals surface area contributed by atoms with Gasteiger partial charge in [-0.05, 0) is 38.5 Å². The van der Waals surface area contributed by atoms with Crippen molar-refractivity contribution in [3.8, 4) is 0 Å². The third kappa shape index (κ3) is 5.01. The number of benzene rings is 1. The maximum absolute atomic E-state index is 12.2. The Kier molecular flexibility index (Phi) is 7.19. The number of halogens is 2. The maximum Gasteiger partial charge on any atom is 0.234 e. The summed E-state index contributed by atoms with van der Waals surface area (Å²) in [5, 5.41) is 4.25. The van der Waals surface area contributed by atoms with Gasteiger partial charge in [-0.1, -0.05) is 52.6 Å². The molecular weight excluding hydrogens is 410 g/mol. The van der Waals surface area contributed by atoms with E-state index in [0.717, 1.165) is 34.7 Å². The lowest BCUT2D eigenvalue weighted by molar-refractivity contribution is -0.113. The standard InChI is InChI=1S/C17H21BrClN3OS/c1-4-5-8-22-12(3)11(2)20-17(22)24-10-16(23)21-15-7-6-13(18)9-14(15)19/h6-7,9H,4-5,8,10H2,1-3H3,(H,21,23). The van der Waals surface area contributed by atoms with E-state index in [1.54, 1.807) is 12.1 Å². The Morgan fingerprint density at radius 1 is 1.42 bits per heavy atom. The maximum atomic E-state index is 12.2. The fraction of sp³-hybridized carbons (Fsp3) is 0.412. The largest absolute Gasteiger partial charge is 0.324 e. The van der Waals surface area contributed by atoms with Crippen LogP contribution in [0, 0.1) is 13.8 Å². The second kappa shape index (κ2) is 8.92. The number of aromatic nitrogens is 2. The molecule has 2 rings (SSSR count). The van der Waals surface area contributed by atoms with Gasteiger partial charge in [0.05, 0.1) is 22.2 Å². The van der Waals surface area contributed by atoms with Crippen molar-refractivity contribution in [1.82, 2.24) is 9.55 Å². The Hall–Kier alpha value is -0.980. The Bertz CT molecular complexity index is 733. The van der Waals surface area contributed by atoms with Crippen LogP contribution in [0.4, 0.5) is 5.69 Å². The van der Waals surface area contributed by atoms with Crippen LogP contribution < -0.4 is 5.32 Å². The van der Waals surface area contributed by atoms with Crippen LogP contribution in [-0.4, -0.2) is 21.2 Å². The van der Waals surface area contributed by atoms with Crippen molar-refractivity contribution in [1.29, 1.82) is 0 Å². The summed E-state index contributed by atoms with van der Waals surface area (Å²) in [5.74, 6) is 0.207. The zero-order valence-electron chi connectivity index (χ0n) is 14.0. The number of imidazole rings is 1. The van der Waals surface area contributed by atoms with Crippen LogP contribution >= 0.6 is 39.3 Å². The van der Waals surface area contributed by atoms with Gasteiger partial charge < -0.3 is 9.88 Å². The quantitative estimate of drug-likeness (QED) is 0.594. The van der Waals surface area contributed by atoms with Gasteiger partial charge in [-0.3, -0.25) is 4.79 Å². The molecule has 0 fully saturated rings. The van der Waals surface area contributed by atoms with E-state index in [1.165, 1.54) is 17.5 Å². The molecule has 0 aliphatic heterocycles. The van der Waals surface area contributed by atoms with E-state index in [0.29, 0.717) is 16.5 Å². The smallest absolute Gasteiger partial charge is 0.234 e. The predicted octanol–water partition coefficient (Wildman–Crippen LogP) is 5.45. The number of amides is 1. The highest BCUT2D eigenvalue weighted by Gasteiger charge is 2.13. The van der Waals surface area contributed by atoms with Crippen LogP contribution in [0.1, 0.15) is 31.2 Å². The second-order valence-electron chi connectivity index (χ2n) is 5.53. The zero-order valence-corrected chi connectivity index (χ0v) is 17.2. The summed E-state index contributed by atoms with van der Waals surface area (Å²) in [6.45, 7) is 7.18. The Morgan fingerprint density at radius 3 is 2.83 bits per heavy atom. The molecule has 4 nitrogen and oxygen atoms in total. The van der Waals surface area contributed by atoms with Gasteiger partial charge in [0, 0.05) is 16.7 Å². The number of carbonyl (C=O) groups excluding carboxylic acids is 1. The number of thioether (sulfide) groups is 1. The summed E-state index contributed by atoms with van der Waals surface area (Å²) >= 11 is 10.9. The van der Waals surface area contributed by atoms with Crippen LogP contribution in [-0.2, 0) is 11.3 Å². The van der Waals surface area contributed by atoms with E-state index < -0.39 is 0 Å². The van der Waals surface area contributed by atoms with Crippen molar-refractivity contribution in [3.63, 3.8) is 0 Å². The van der Waals surface area contributed by atoms with Crippen LogP contribution in [0.2, 0.25) is 5.02 Å². The third-order valence-electron chi connectivity index (χ3n) is 3.70. The molecule has 130 valence electrons. The van der Waals surface area contributed by atoms with Gasteiger partial charge in [0.2, 0.25) is 5.91 Å². The minimum atomic E-state index is -0.0930. The second-order valence-corrected chi connectivity index (χ2v) is 7.80. The molecular formula is C17H21BrClN3OS. The molecule has 1 heterocycles. The Labute approximate surface area is 160 Å². The molecule has 1 aromatic carbocycles. The molecule has 0 unspecified atom stereocenters. The Balaban J connectivity index is 2.00. The number of unbranched alkanes of at least 4 members (excludes halogenated alkanes) is 1. The molecule has 0 saturated carbocycles. The number of nitrogens with zero attached hydrogens (tertiary/aromatic N) is 2. The monoisotopic (exact) mass is 429 g/mol. The van der Waals surface area contributed by atoms with Gasteiger partial charge >= 0.3 is 0 Å². The van der Waals surface area contributed by atoms with Crippen LogP contribution in [0.5, 0.6) is 0 Å². The minimum Gasteiger partial charge on any atom is -0.324 e. The highest BCUT2D eigenvalue weighted by Crippen LogP contribution is 2.26. The van der Waals surface area contributed by atoms with Gasteiger partial charge in [0.25, 0.3) is 0 Å². The van der Waals surface area contributed by atoms with E-state index in [1.807, 2.05) is 13.0 Å². The van der Waals surface area contributed by atoms with Crippen molar-refractivity contribution in [2.45, 2.75) is 45.3 Å². The number of aryl methyl sites for hydroxylation is 1. The van der Waals surface area contributed by atoms with Crippen LogP contribution in [0.3, 0.4) is 0 Å². The number of hydrogen-bond donors (Lipinski definition) is 1. The lowest BCUT2D eigenvalue weighted by Gasteiger charge is -2.10. The van der Waals surface area contributed by atoms with E-state index in [2.05, 4.69) is 44.6 Å². The average Bonchev–Trinajstić information content (AvgIpc) is 2.80. The summed E-state index contributed by atoms with van der Waals surface area (Å²) in [6, 6.07) is 5.39. The van der Waals surface area contributed by atoms with Crippen molar-refractivity contribution in [2.75, 3.05) is 11.1 Å². The highest BCUT2D eigenvalue weighted by atomic mass is 79.9. The van der Waals surface area contributed by atoms with E-state index in [-0.39, 0.29) is 5.91 Å². The normalized spacial score (nSPS) is 10.9. The van der Waals surface area contributed by atoms with Crippen molar-refractivity contribution < 1.29 is 4.79 Å². The lowest BCUT2D eigenvalue weighted by atomic mass is 10.3. The first-order valence-electron chi connectivity index (χ1n) is 7.83. The molecule has 2 aromatic rings. The summed E-state index contributed by atoms with van der Waals surface area (Å²) in [7, 11) is 0. The molecule has 0 radical (unpaired) electrons. The predicted molar refractivity (Wildman–Crippen MR) is 105 cm³/mol. The fourth-order valence-electron chi connectivity index (χ4n) is 2.22. The number of nitrogens with one attached hydrogen (secondary N) is 1.